The first-order valence-corrected chi connectivity index (χ1v) is 13.0. The van der Waals surface area contributed by atoms with Crippen LogP contribution in [-0.4, -0.2) is 14.4 Å². The summed E-state index contributed by atoms with van der Waals surface area (Å²) in [5.74, 6) is -1.72. The second kappa shape index (κ2) is 10.1. The fourth-order valence-corrected chi connectivity index (χ4v) is 5.50. The van der Waals surface area contributed by atoms with E-state index >= 15 is 0 Å². The summed E-state index contributed by atoms with van der Waals surface area (Å²) in [5.41, 5.74) is 0.143. The zero-order chi connectivity index (χ0) is 25.9. The van der Waals surface area contributed by atoms with Crippen LogP contribution >= 0.6 is 11.3 Å². The number of hydrogen-bond donors (Lipinski definition) is 2. The molecule has 0 saturated heterocycles. The maximum absolute atomic E-state index is 13.6. The molecule has 0 saturated carbocycles. The summed E-state index contributed by atoms with van der Waals surface area (Å²) < 4.78 is 78.6. The predicted octanol–water partition coefficient (Wildman–Crippen LogP) is 7.19. The van der Waals surface area contributed by atoms with Gasteiger partial charge < -0.3 is 10.6 Å². The molecule has 0 radical (unpaired) electrons. The van der Waals surface area contributed by atoms with Crippen LogP contribution in [0.2, 0.25) is 0 Å². The average molecular weight is 535 g/mol. The van der Waals surface area contributed by atoms with Crippen LogP contribution in [0.15, 0.2) is 88.5 Å². The molecule has 1 aromatic heterocycles. The smallest absolute Gasteiger partial charge is 0.308 e. The number of halogens is 4. The van der Waals surface area contributed by atoms with E-state index in [1.165, 1.54) is 23.5 Å². The Kier molecular flexibility index (Phi) is 7.14. The number of anilines is 2. The Balaban J connectivity index is 1.64. The van der Waals surface area contributed by atoms with E-state index in [0.29, 0.717) is 28.8 Å². The quantitative estimate of drug-likeness (QED) is 0.257. The zero-order valence-electron chi connectivity index (χ0n) is 18.3. The highest BCUT2D eigenvalue weighted by molar-refractivity contribution is 7.90. The van der Waals surface area contributed by atoms with Gasteiger partial charge >= 0.3 is 12.2 Å². The van der Waals surface area contributed by atoms with Gasteiger partial charge in [0.1, 0.15) is 5.82 Å². The lowest BCUT2D eigenvalue weighted by Gasteiger charge is -2.15. The Morgan fingerprint density at radius 3 is 2.33 bits per heavy atom. The molecule has 186 valence electrons. The maximum atomic E-state index is 13.6. The van der Waals surface area contributed by atoms with Crippen molar-refractivity contribution in [2.45, 2.75) is 16.8 Å². The van der Waals surface area contributed by atoms with Gasteiger partial charge in [-0.1, -0.05) is 36.4 Å². The van der Waals surface area contributed by atoms with Crippen molar-refractivity contribution >= 4 is 38.6 Å². The molecule has 3 aromatic carbocycles. The lowest BCUT2D eigenvalue weighted by molar-refractivity contribution is -0.139. The third kappa shape index (κ3) is 5.92. The first-order valence-electron chi connectivity index (χ1n) is 10.4. The van der Waals surface area contributed by atoms with Crippen molar-refractivity contribution in [3.8, 4) is 11.1 Å². The van der Waals surface area contributed by atoms with Gasteiger partial charge in [0.25, 0.3) is 0 Å². The van der Waals surface area contributed by atoms with E-state index in [9.17, 15) is 30.8 Å². The summed E-state index contributed by atoms with van der Waals surface area (Å²) in [6, 6.07) is 15.8. The highest BCUT2D eigenvalue weighted by atomic mass is 32.2. The topological polar surface area (TPSA) is 75.3 Å². The first kappa shape index (κ1) is 25.4. The number of rotatable bonds is 6. The Morgan fingerprint density at radius 1 is 0.917 bits per heavy atom. The standard InChI is InChI=1S/C25H18F4N2O3S2/c26-22-9-6-18(12-21(22)25(27,28)29)30-24(32)31-23-13-19(7-8-20(23)17-10-11-35-14-17)36(33,34)15-16-4-2-1-3-5-16/h1-14H,15H2,(H2,30,31,32). The molecule has 0 aliphatic heterocycles. The Bertz CT molecular complexity index is 1490. The molecule has 5 nitrogen and oxygen atoms in total. The largest absolute Gasteiger partial charge is 0.419 e. The Hall–Kier alpha value is -3.70. The van der Waals surface area contributed by atoms with Gasteiger partial charge in [0.2, 0.25) is 0 Å². The van der Waals surface area contributed by atoms with Gasteiger partial charge in [-0.15, -0.1) is 0 Å². The van der Waals surface area contributed by atoms with Gasteiger partial charge in [-0.05, 0) is 58.3 Å². The highest BCUT2D eigenvalue weighted by Crippen LogP contribution is 2.34. The lowest BCUT2D eigenvalue weighted by atomic mass is 10.1. The molecule has 0 bridgehead atoms. The minimum atomic E-state index is -4.94. The summed E-state index contributed by atoms with van der Waals surface area (Å²) >= 11 is 1.39. The van der Waals surface area contributed by atoms with Crippen molar-refractivity contribution in [2.75, 3.05) is 10.6 Å². The van der Waals surface area contributed by atoms with E-state index in [4.69, 9.17) is 0 Å². The third-order valence-electron chi connectivity index (χ3n) is 5.16. The van der Waals surface area contributed by atoms with Gasteiger partial charge in [0, 0.05) is 11.3 Å². The number of thiophene rings is 1. The number of hydrogen-bond acceptors (Lipinski definition) is 4. The number of amides is 2. The summed E-state index contributed by atoms with van der Waals surface area (Å²) in [6.45, 7) is 0. The van der Waals surface area contributed by atoms with Gasteiger partial charge in [0.15, 0.2) is 9.84 Å². The fraction of sp³-hybridized carbons (Fsp3) is 0.0800. The molecule has 36 heavy (non-hydrogen) atoms. The number of urea groups is 1. The number of alkyl halides is 3. The molecular weight excluding hydrogens is 516 g/mol. The maximum Gasteiger partial charge on any atom is 0.419 e. The minimum Gasteiger partial charge on any atom is -0.308 e. The molecule has 4 rings (SSSR count). The third-order valence-corrected chi connectivity index (χ3v) is 7.53. The van der Waals surface area contributed by atoms with Crippen LogP contribution < -0.4 is 10.6 Å². The van der Waals surface area contributed by atoms with Crippen molar-refractivity contribution in [3.05, 3.63) is 101 Å². The Labute approximate surface area is 208 Å². The normalized spacial score (nSPS) is 11.8. The van der Waals surface area contributed by atoms with E-state index in [2.05, 4.69) is 10.6 Å². The molecular formula is C25H18F4N2O3S2. The van der Waals surface area contributed by atoms with Crippen LogP contribution in [0.5, 0.6) is 0 Å². The van der Waals surface area contributed by atoms with Crippen molar-refractivity contribution in [2.24, 2.45) is 0 Å². The van der Waals surface area contributed by atoms with E-state index in [0.717, 1.165) is 6.07 Å². The Morgan fingerprint density at radius 2 is 1.67 bits per heavy atom. The number of carbonyl (C=O) groups is 1. The minimum absolute atomic E-state index is 0.0400. The van der Waals surface area contributed by atoms with Gasteiger partial charge in [-0.2, -0.15) is 24.5 Å². The van der Waals surface area contributed by atoms with Crippen molar-refractivity contribution in [3.63, 3.8) is 0 Å². The summed E-state index contributed by atoms with van der Waals surface area (Å²) in [5, 5.41) is 8.35. The van der Waals surface area contributed by atoms with Crippen molar-refractivity contribution in [1.29, 1.82) is 0 Å². The van der Waals surface area contributed by atoms with Gasteiger partial charge in [-0.25, -0.2) is 17.6 Å². The van der Waals surface area contributed by atoms with Crippen LogP contribution in [0, 0.1) is 5.82 Å². The van der Waals surface area contributed by atoms with Crippen LogP contribution in [0.1, 0.15) is 11.1 Å². The SMILES string of the molecule is O=C(Nc1ccc(F)c(C(F)(F)F)c1)Nc1cc(S(=O)(=O)Cc2ccccc2)ccc1-c1ccsc1. The average Bonchev–Trinajstić information content (AvgIpc) is 3.35. The molecule has 4 aromatic rings. The zero-order valence-corrected chi connectivity index (χ0v) is 20.0. The molecule has 2 N–H and O–H groups in total. The molecule has 0 fully saturated rings. The molecule has 0 spiro atoms. The molecule has 11 heteroatoms. The fourth-order valence-electron chi connectivity index (χ4n) is 3.47. The second-order valence-electron chi connectivity index (χ2n) is 7.74. The predicted molar refractivity (Wildman–Crippen MR) is 131 cm³/mol. The summed E-state index contributed by atoms with van der Waals surface area (Å²) in [4.78, 5) is 12.6. The van der Waals surface area contributed by atoms with Crippen molar-refractivity contribution in [1.82, 2.24) is 0 Å². The summed E-state index contributed by atoms with van der Waals surface area (Å²) in [7, 11) is -3.78. The molecule has 0 aliphatic rings. The first-order chi connectivity index (χ1) is 17.0. The van der Waals surface area contributed by atoms with Gasteiger partial charge in [0.05, 0.1) is 21.9 Å². The number of benzene rings is 3. The van der Waals surface area contributed by atoms with Crippen molar-refractivity contribution < 1.29 is 30.8 Å². The van der Waals surface area contributed by atoms with E-state index in [-0.39, 0.29) is 22.0 Å². The number of carbonyl (C=O) groups excluding carboxylic acids is 1. The second-order valence-corrected chi connectivity index (χ2v) is 10.5. The van der Waals surface area contributed by atoms with E-state index < -0.39 is 33.4 Å². The highest BCUT2D eigenvalue weighted by Gasteiger charge is 2.34. The van der Waals surface area contributed by atoms with E-state index in [1.54, 1.807) is 53.2 Å². The van der Waals surface area contributed by atoms with Crippen LogP contribution in [0.25, 0.3) is 11.1 Å². The summed E-state index contributed by atoms with van der Waals surface area (Å²) in [6.07, 6.45) is -4.94. The number of nitrogens with one attached hydrogen (secondary N) is 2. The molecule has 0 aliphatic carbocycles. The monoisotopic (exact) mass is 534 g/mol. The molecule has 0 unspecified atom stereocenters. The molecule has 1 heterocycles. The molecule has 2 amide bonds. The molecule has 0 atom stereocenters. The lowest BCUT2D eigenvalue weighted by Crippen LogP contribution is -2.21. The van der Waals surface area contributed by atoms with Crippen LogP contribution in [0.4, 0.5) is 33.7 Å². The number of sulfone groups is 1. The van der Waals surface area contributed by atoms with Crippen LogP contribution in [0.3, 0.4) is 0 Å². The van der Waals surface area contributed by atoms with Gasteiger partial charge in [-0.3, -0.25) is 0 Å². The van der Waals surface area contributed by atoms with E-state index in [1.807, 2.05) is 0 Å². The van der Waals surface area contributed by atoms with Crippen LogP contribution in [-0.2, 0) is 21.8 Å².